The van der Waals surface area contributed by atoms with E-state index in [0.717, 1.165) is 10.9 Å². The third-order valence-corrected chi connectivity index (χ3v) is 3.77. The minimum atomic E-state index is -0.0341. The number of carbonyl (C=O) groups is 1. The van der Waals surface area contributed by atoms with E-state index in [-0.39, 0.29) is 5.78 Å². The second-order valence-corrected chi connectivity index (χ2v) is 5.38. The number of benzene rings is 2. The van der Waals surface area contributed by atoms with E-state index < -0.39 is 0 Å². The van der Waals surface area contributed by atoms with Crippen molar-refractivity contribution in [2.24, 2.45) is 0 Å². The average molecular weight is 333 g/mol. The molecule has 0 bridgehead atoms. The molecule has 0 saturated heterocycles. The van der Waals surface area contributed by atoms with Gasteiger partial charge in [-0.3, -0.25) is 4.79 Å². The molecule has 3 rings (SSSR count). The van der Waals surface area contributed by atoms with E-state index in [9.17, 15) is 4.79 Å². The van der Waals surface area contributed by atoms with E-state index in [0.29, 0.717) is 35.8 Å². The maximum Gasteiger partial charge on any atom is 0.194 e. The predicted octanol–water partition coefficient (Wildman–Crippen LogP) is 3.84. The maximum absolute atomic E-state index is 12.5. The first-order valence-corrected chi connectivity index (χ1v) is 7.24. The largest absolute Gasteiger partial charge is 0.490 e. The molecule has 0 N–H and O–H groups in total. The number of halogens is 1. The quantitative estimate of drug-likeness (QED) is 0.784. The Morgan fingerprint density at radius 1 is 1.00 bits per heavy atom. The Kier molecular flexibility index (Phi) is 3.74. The zero-order valence-electron chi connectivity index (χ0n) is 10.8. The molecular formula is C16H13BrO3. The summed E-state index contributed by atoms with van der Waals surface area (Å²) in [5.74, 6) is 1.28. The molecule has 2 aromatic rings. The summed E-state index contributed by atoms with van der Waals surface area (Å²) in [7, 11) is 0. The summed E-state index contributed by atoms with van der Waals surface area (Å²) in [4.78, 5) is 12.5. The van der Waals surface area contributed by atoms with E-state index in [4.69, 9.17) is 9.47 Å². The normalized spacial score (nSPS) is 13.7. The van der Waals surface area contributed by atoms with Crippen molar-refractivity contribution in [3.05, 3.63) is 58.1 Å². The van der Waals surface area contributed by atoms with Gasteiger partial charge < -0.3 is 9.47 Å². The van der Waals surface area contributed by atoms with Gasteiger partial charge in [0.2, 0.25) is 0 Å². The summed E-state index contributed by atoms with van der Waals surface area (Å²) in [5.41, 5.74) is 1.24. The molecule has 3 nitrogen and oxygen atoms in total. The van der Waals surface area contributed by atoms with Gasteiger partial charge in [-0.2, -0.15) is 0 Å². The second kappa shape index (κ2) is 5.67. The number of ether oxygens (including phenoxy) is 2. The van der Waals surface area contributed by atoms with Crippen molar-refractivity contribution < 1.29 is 14.3 Å². The molecule has 0 aromatic heterocycles. The lowest BCUT2D eigenvalue weighted by atomic mass is 10.0. The number of fused-ring (bicyclic) bond motifs is 1. The lowest BCUT2D eigenvalue weighted by Gasteiger charge is -2.11. The van der Waals surface area contributed by atoms with E-state index in [1.165, 1.54) is 0 Å². The highest BCUT2D eigenvalue weighted by molar-refractivity contribution is 9.10. The maximum atomic E-state index is 12.5. The van der Waals surface area contributed by atoms with Crippen molar-refractivity contribution in [2.45, 2.75) is 6.42 Å². The fraction of sp³-hybridized carbons (Fsp3) is 0.188. The molecule has 0 saturated carbocycles. The van der Waals surface area contributed by atoms with Gasteiger partial charge in [0.1, 0.15) is 0 Å². The number of ketones is 1. The van der Waals surface area contributed by atoms with E-state index in [2.05, 4.69) is 15.9 Å². The van der Waals surface area contributed by atoms with Crippen molar-refractivity contribution in [1.29, 1.82) is 0 Å². The highest BCUT2D eigenvalue weighted by Gasteiger charge is 2.18. The van der Waals surface area contributed by atoms with Crippen LogP contribution in [0.4, 0.5) is 0 Å². The molecule has 0 fully saturated rings. The SMILES string of the molecule is O=C(c1ccccc1)c1cc2c(cc1Br)OCCCO2. The molecule has 20 heavy (non-hydrogen) atoms. The zero-order valence-corrected chi connectivity index (χ0v) is 12.4. The smallest absolute Gasteiger partial charge is 0.194 e. The third-order valence-electron chi connectivity index (χ3n) is 3.12. The minimum Gasteiger partial charge on any atom is -0.490 e. The molecule has 102 valence electrons. The second-order valence-electron chi connectivity index (χ2n) is 4.52. The third kappa shape index (κ3) is 2.56. The molecule has 1 aliphatic heterocycles. The summed E-state index contributed by atoms with van der Waals surface area (Å²) in [6.45, 7) is 1.24. The standard InChI is InChI=1S/C16H13BrO3/c17-13-10-15-14(19-7-4-8-20-15)9-12(13)16(18)11-5-2-1-3-6-11/h1-3,5-6,9-10H,4,7-8H2. The van der Waals surface area contributed by atoms with Crippen LogP contribution in [0.5, 0.6) is 11.5 Å². The van der Waals surface area contributed by atoms with Crippen molar-refractivity contribution >= 4 is 21.7 Å². The highest BCUT2D eigenvalue weighted by Crippen LogP contribution is 2.36. The predicted molar refractivity (Wildman–Crippen MR) is 79.6 cm³/mol. The fourth-order valence-corrected chi connectivity index (χ4v) is 2.61. The van der Waals surface area contributed by atoms with Crippen LogP contribution >= 0.6 is 15.9 Å². The van der Waals surface area contributed by atoms with Crippen molar-refractivity contribution in [3.8, 4) is 11.5 Å². The van der Waals surface area contributed by atoms with Gasteiger partial charge in [0, 0.05) is 22.0 Å². The van der Waals surface area contributed by atoms with Crippen molar-refractivity contribution in [1.82, 2.24) is 0 Å². The van der Waals surface area contributed by atoms with Crippen LogP contribution in [-0.2, 0) is 0 Å². The Bertz CT molecular complexity index is 638. The molecule has 1 aliphatic rings. The Balaban J connectivity index is 2.02. The summed E-state index contributed by atoms with van der Waals surface area (Å²) in [5, 5.41) is 0. The van der Waals surface area contributed by atoms with Gasteiger partial charge in [0.15, 0.2) is 17.3 Å². The molecule has 0 radical (unpaired) electrons. The number of rotatable bonds is 2. The summed E-state index contributed by atoms with van der Waals surface area (Å²) in [6, 6.07) is 12.8. The molecule has 0 spiro atoms. The number of hydrogen-bond acceptors (Lipinski definition) is 3. The van der Waals surface area contributed by atoms with Gasteiger partial charge >= 0.3 is 0 Å². The lowest BCUT2D eigenvalue weighted by molar-refractivity contribution is 0.103. The Morgan fingerprint density at radius 3 is 2.35 bits per heavy atom. The van der Waals surface area contributed by atoms with Crippen LogP contribution in [0.2, 0.25) is 0 Å². The van der Waals surface area contributed by atoms with Gasteiger partial charge in [-0.1, -0.05) is 30.3 Å². The Hall–Kier alpha value is -1.81. The molecule has 0 aliphatic carbocycles. The van der Waals surface area contributed by atoms with Crippen molar-refractivity contribution in [3.63, 3.8) is 0 Å². The molecule has 4 heteroatoms. The summed E-state index contributed by atoms with van der Waals surface area (Å²) < 4.78 is 12.0. The number of hydrogen-bond donors (Lipinski definition) is 0. The number of carbonyl (C=O) groups excluding carboxylic acids is 1. The minimum absolute atomic E-state index is 0.0341. The Labute approximate surface area is 125 Å². The van der Waals surface area contributed by atoms with Gasteiger partial charge in [0.05, 0.1) is 13.2 Å². The van der Waals surface area contributed by atoms with Gasteiger partial charge in [0.25, 0.3) is 0 Å². The van der Waals surface area contributed by atoms with Crippen LogP contribution in [0.1, 0.15) is 22.3 Å². The molecule has 0 unspecified atom stereocenters. The monoisotopic (exact) mass is 332 g/mol. The topological polar surface area (TPSA) is 35.5 Å². The van der Waals surface area contributed by atoms with Crippen molar-refractivity contribution in [2.75, 3.05) is 13.2 Å². The van der Waals surface area contributed by atoms with Crippen LogP contribution in [0, 0.1) is 0 Å². The van der Waals surface area contributed by atoms with Crippen LogP contribution < -0.4 is 9.47 Å². The molecule has 2 aromatic carbocycles. The van der Waals surface area contributed by atoms with Crippen LogP contribution in [0.15, 0.2) is 46.9 Å². The van der Waals surface area contributed by atoms with Crippen LogP contribution in [0.25, 0.3) is 0 Å². The van der Waals surface area contributed by atoms with Crippen LogP contribution in [-0.4, -0.2) is 19.0 Å². The zero-order chi connectivity index (χ0) is 13.9. The average Bonchev–Trinajstić information content (AvgIpc) is 2.71. The molecule has 1 heterocycles. The van der Waals surface area contributed by atoms with Gasteiger partial charge in [-0.05, 0) is 28.1 Å². The van der Waals surface area contributed by atoms with E-state index >= 15 is 0 Å². The highest BCUT2D eigenvalue weighted by atomic mass is 79.9. The molecular weight excluding hydrogens is 320 g/mol. The van der Waals surface area contributed by atoms with Gasteiger partial charge in [-0.25, -0.2) is 0 Å². The first kappa shape index (κ1) is 13.2. The molecule has 0 amide bonds. The van der Waals surface area contributed by atoms with E-state index in [1.54, 1.807) is 24.3 Å². The van der Waals surface area contributed by atoms with E-state index in [1.807, 2.05) is 18.2 Å². The van der Waals surface area contributed by atoms with Gasteiger partial charge in [-0.15, -0.1) is 0 Å². The first-order chi connectivity index (χ1) is 9.75. The fourth-order valence-electron chi connectivity index (χ4n) is 2.10. The Morgan fingerprint density at radius 2 is 1.65 bits per heavy atom. The lowest BCUT2D eigenvalue weighted by Crippen LogP contribution is -2.03. The summed E-state index contributed by atoms with van der Waals surface area (Å²) in [6.07, 6.45) is 0.842. The summed E-state index contributed by atoms with van der Waals surface area (Å²) >= 11 is 3.44. The van der Waals surface area contributed by atoms with Crippen LogP contribution in [0.3, 0.4) is 0 Å². The first-order valence-electron chi connectivity index (χ1n) is 6.44. The molecule has 0 atom stereocenters.